The van der Waals surface area contributed by atoms with Gasteiger partial charge >= 0.3 is 0 Å². The number of methoxy groups -OCH3 is 1. The predicted molar refractivity (Wildman–Crippen MR) is 361 cm³/mol. The standard InChI is InChI=1S/C68H122N12O14/c1-26-28-29-43(13)57(81)56-61(85)71-49(27-2)64(88)73(18)47(17)63(87)78(23)55(44(14)35-80-30-31-94-48(36-80)37-93-25)60(84)72-53(41(9)10)67(91)74(19)50(32-38(3)4)59(83)69-45(15)58(82)70-46(16)62(86)75(20)51(33-39(5)6)65(89)76(21)52(34-40(7)8)66(90)77(22)54(42(11)12)68(92)79(56)24/h26,28,38-57,81H,27,29-37H2,1-25H3,(H,69,83)(H,70,82)(H,71,85)(H,72,84)/b28-26+/t43-,44+,45+,46-,47-,48+,49+,50+,51+,52+,53?,54?,55+,56+,57-/m1/s1. The lowest BCUT2D eigenvalue weighted by Crippen LogP contribution is -2.64. The summed E-state index contributed by atoms with van der Waals surface area (Å²) in [7, 11) is 11.5. The van der Waals surface area contributed by atoms with E-state index < -0.39 is 161 Å². The summed E-state index contributed by atoms with van der Waals surface area (Å²) in [5.74, 6) is -10.5. The number of rotatable bonds is 18. The van der Waals surface area contributed by atoms with Gasteiger partial charge in [-0.05, 0) is 101 Å². The average Bonchev–Trinajstić information content (AvgIpc) is 0.818. The molecule has 2 heterocycles. The van der Waals surface area contributed by atoms with Crippen LogP contribution in [0.1, 0.15) is 150 Å². The molecule has 538 valence electrons. The van der Waals surface area contributed by atoms with Gasteiger partial charge in [0, 0.05) is 76.1 Å². The van der Waals surface area contributed by atoms with E-state index in [1.54, 1.807) is 68.6 Å². The average molecular weight is 1330 g/mol. The van der Waals surface area contributed by atoms with Gasteiger partial charge in [0.2, 0.25) is 65.0 Å². The molecule has 26 heteroatoms. The fourth-order valence-electron chi connectivity index (χ4n) is 12.5. The highest BCUT2D eigenvalue weighted by molar-refractivity contribution is 6.00. The molecule has 2 aliphatic rings. The Kier molecular flexibility index (Phi) is 34.3. The number of nitrogens with zero attached hydrogens (tertiary/aromatic N) is 8. The van der Waals surface area contributed by atoms with Crippen molar-refractivity contribution in [3.8, 4) is 0 Å². The summed E-state index contributed by atoms with van der Waals surface area (Å²) in [6, 6.07) is -14.0. The summed E-state index contributed by atoms with van der Waals surface area (Å²) < 4.78 is 11.3. The maximum absolute atomic E-state index is 15.3. The molecule has 0 saturated carbocycles. The number of amides is 11. The van der Waals surface area contributed by atoms with E-state index in [4.69, 9.17) is 9.47 Å². The Bertz CT molecular complexity index is 2580. The molecule has 2 saturated heterocycles. The first-order valence-corrected chi connectivity index (χ1v) is 33.9. The van der Waals surface area contributed by atoms with Crippen molar-refractivity contribution in [3.63, 3.8) is 0 Å². The molecule has 2 unspecified atom stereocenters. The van der Waals surface area contributed by atoms with Crippen LogP contribution in [0.15, 0.2) is 12.2 Å². The normalized spacial score (nSPS) is 28.5. The van der Waals surface area contributed by atoms with Gasteiger partial charge in [0.1, 0.15) is 66.5 Å². The van der Waals surface area contributed by atoms with E-state index in [1.807, 2.05) is 47.6 Å². The van der Waals surface area contributed by atoms with E-state index in [-0.39, 0.29) is 56.1 Å². The minimum absolute atomic E-state index is 0.00489. The van der Waals surface area contributed by atoms with Gasteiger partial charge < -0.3 is 70.1 Å². The van der Waals surface area contributed by atoms with Crippen LogP contribution in [0.4, 0.5) is 0 Å². The number of aliphatic hydroxyl groups is 1. The van der Waals surface area contributed by atoms with E-state index in [9.17, 15) is 29.1 Å². The number of hydrogen-bond acceptors (Lipinski definition) is 15. The Hall–Kier alpha value is -6.25. The van der Waals surface area contributed by atoms with Crippen molar-refractivity contribution in [1.82, 2.24) is 60.5 Å². The van der Waals surface area contributed by atoms with Crippen LogP contribution >= 0.6 is 0 Å². The van der Waals surface area contributed by atoms with E-state index >= 15 is 28.8 Å². The SMILES string of the molecule is C/C=C/C[C@@H](C)[C@@H](O)[C@H]1C(=O)N[C@@H](CC)C(=O)N(C)[C@H](C)C(=O)N(C)[C@@H]([C@@H](C)CN2CCO[C@H](COC)C2)C(=O)NC(C(C)C)C(=O)N(C)[C@@H](CC(C)C)C(=O)N[C@@H](C)C(=O)N[C@H](C)C(=O)N(C)[C@@H](CC(C)C)C(=O)N(C)[C@@H](CC(C)C)C(=O)N(C)C(C(C)C)C(=O)N1C. The second kappa shape index (κ2) is 38.5. The van der Waals surface area contributed by atoms with Crippen molar-refractivity contribution < 1.29 is 67.3 Å². The van der Waals surface area contributed by atoms with Gasteiger partial charge in [0.15, 0.2) is 0 Å². The summed E-state index contributed by atoms with van der Waals surface area (Å²) in [5.41, 5.74) is 0. The molecule has 0 aromatic heterocycles. The molecule has 2 fully saturated rings. The lowest BCUT2D eigenvalue weighted by Gasteiger charge is -2.41. The Labute approximate surface area is 562 Å². The van der Waals surface area contributed by atoms with E-state index in [0.29, 0.717) is 32.7 Å². The lowest BCUT2D eigenvalue weighted by molar-refractivity contribution is -0.157. The molecule has 15 atom stereocenters. The van der Waals surface area contributed by atoms with Crippen LogP contribution in [0.3, 0.4) is 0 Å². The molecule has 0 aromatic carbocycles. The van der Waals surface area contributed by atoms with Gasteiger partial charge in [-0.15, -0.1) is 0 Å². The van der Waals surface area contributed by atoms with Crippen molar-refractivity contribution in [1.29, 1.82) is 0 Å². The van der Waals surface area contributed by atoms with Gasteiger partial charge in [-0.1, -0.05) is 102 Å². The Balaban J connectivity index is 3.06. The molecule has 2 aliphatic heterocycles. The molecule has 2 rings (SSSR count). The molecule has 0 aromatic rings. The summed E-state index contributed by atoms with van der Waals surface area (Å²) in [4.78, 5) is 174. The molecule has 94 heavy (non-hydrogen) atoms. The van der Waals surface area contributed by atoms with E-state index in [2.05, 4.69) is 26.2 Å². The second-order valence-corrected chi connectivity index (χ2v) is 28.5. The number of hydrogen-bond donors (Lipinski definition) is 5. The first-order valence-electron chi connectivity index (χ1n) is 33.9. The van der Waals surface area contributed by atoms with Crippen LogP contribution in [0.2, 0.25) is 0 Å². The van der Waals surface area contributed by atoms with Crippen molar-refractivity contribution in [2.75, 3.05) is 89.3 Å². The van der Waals surface area contributed by atoms with E-state index in [0.717, 1.165) is 9.80 Å². The highest BCUT2D eigenvalue weighted by Gasteiger charge is 2.47. The van der Waals surface area contributed by atoms with Crippen molar-refractivity contribution >= 4 is 65.0 Å². The highest BCUT2D eigenvalue weighted by atomic mass is 16.5. The maximum Gasteiger partial charge on any atom is 0.246 e. The predicted octanol–water partition coefficient (Wildman–Crippen LogP) is 2.59. The van der Waals surface area contributed by atoms with Gasteiger partial charge in [-0.3, -0.25) is 57.6 Å². The minimum Gasteiger partial charge on any atom is -0.390 e. The van der Waals surface area contributed by atoms with Gasteiger partial charge in [0.05, 0.1) is 25.4 Å². The highest BCUT2D eigenvalue weighted by Crippen LogP contribution is 2.26. The molecular formula is C68H122N12O14. The number of carbonyl (C=O) groups excluding carboxylic acids is 11. The number of ether oxygens (including phenoxy) is 2. The van der Waals surface area contributed by atoms with Crippen molar-refractivity contribution in [2.45, 2.75) is 228 Å². The third kappa shape index (κ3) is 22.7. The minimum atomic E-state index is -1.64. The van der Waals surface area contributed by atoms with Crippen LogP contribution < -0.4 is 21.3 Å². The molecule has 0 bridgehead atoms. The third-order valence-electron chi connectivity index (χ3n) is 18.4. The molecular weight excluding hydrogens is 1210 g/mol. The number of allylic oxidation sites excluding steroid dienone is 2. The first-order chi connectivity index (χ1) is 43.6. The Morgan fingerprint density at radius 1 is 0.532 bits per heavy atom. The Morgan fingerprint density at radius 2 is 1.01 bits per heavy atom. The monoisotopic (exact) mass is 1330 g/mol. The Morgan fingerprint density at radius 3 is 1.51 bits per heavy atom. The fourth-order valence-corrected chi connectivity index (χ4v) is 12.5. The topological polar surface area (TPSA) is 300 Å². The van der Waals surface area contributed by atoms with Crippen molar-refractivity contribution in [3.05, 3.63) is 12.2 Å². The molecule has 26 nitrogen and oxygen atoms in total. The molecule has 11 amide bonds. The largest absolute Gasteiger partial charge is 0.390 e. The summed E-state index contributed by atoms with van der Waals surface area (Å²) in [6.07, 6.45) is 2.52. The van der Waals surface area contributed by atoms with Crippen molar-refractivity contribution in [2.24, 2.45) is 41.4 Å². The second-order valence-electron chi connectivity index (χ2n) is 28.5. The van der Waals surface area contributed by atoms with Gasteiger partial charge in [0.25, 0.3) is 0 Å². The summed E-state index contributed by atoms with van der Waals surface area (Å²) in [6.45, 7) is 31.4. The van der Waals surface area contributed by atoms with Crippen LogP contribution in [0.25, 0.3) is 0 Å². The van der Waals surface area contributed by atoms with Crippen LogP contribution in [-0.2, 0) is 62.2 Å². The zero-order chi connectivity index (χ0) is 72.2. The van der Waals surface area contributed by atoms with Crippen LogP contribution in [0, 0.1) is 41.4 Å². The first kappa shape index (κ1) is 83.8. The molecule has 0 aliphatic carbocycles. The zero-order valence-electron chi connectivity index (χ0n) is 61.6. The summed E-state index contributed by atoms with van der Waals surface area (Å²) >= 11 is 0. The van der Waals surface area contributed by atoms with Crippen LogP contribution in [0.5, 0.6) is 0 Å². The molecule has 0 spiro atoms. The molecule has 5 N–H and O–H groups in total. The van der Waals surface area contributed by atoms with E-state index in [1.165, 1.54) is 94.6 Å². The molecule has 0 radical (unpaired) electrons. The van der Waals surface area contributed by atoms with Gasteiger partial charge in [-0.25, -0.2) is 0 Å². The number of morpholine rings is 1. The van der Waals surface area contributed by atoms with Crippen LogP contribution in [-0.4, -0.2) is 277 Å². The number of aliphatic hydroxyl groups excluding tert-OH is 1. The number of nitrogens with one attached hydrogen (secondary N) is 4. The number of carbonyl (C=O) groups is 11. The lowest BCUT2D eigenvalue weighted by atomic mass is 9.91. The smallest absolute Gasteiger partial charge is 0.246 e. The van der Waals surface area contributed by atoms with Gasteiger partial charge in [-0.2, -0.15) is 0 Å². The number of likely N-dealkylation sites (N-methyl/N-ethyl adjacent to an activating group) is 7. The quantitative estimate of drug-likeness (QED) is 0.123. The maximum atomic E-state index is 15.3. The fraction of sp³-hybridized carbons (Fsp3) is 0.809. The summed E-state index contributed by atoms with van der Waals surface area (Å²) in [5, 5.41) is 23.4. The zero-order valence-corrected chi connectivity index (χ0v) is 61.6. The third-order valence-corrected chi connectivity index (χ3v) is 18.4.